The van der Waals surface area contributed by atoms with Gasteiger partial charge in [-0.15, -0.1) is 0 Å². The third-order valence-corrected chi connectivity index (χ3v) is 8.45. The fraction of sp³-hybridized carbons (Fsp3) is 0.571. The standard InChI is InChI=1S/C28H37N3O2/c1-19-8-4-5-9-23(19)28(3)12-14-30(15-13-28)17-21-16-22-24(29-20(21)2)18-31(27(22)33)25-10-6-7-11-26(25)32/h4-5,8-9,16,25-26,32H,6-7,10-15,17-18H2,1-3H3/t25-,26-/m0/s1. The second-order valence-corrected chi connectivity index (χ2v) is 10.7. The lowest BCUT2D eigenvalue weighted by molar-refractivity contribution is 0.0189. The summed E-state index contributed by atoms with van der Waals surface area (Å²) in [5, 5.41) is 10.5. The summed E-state index contributed by atoms with van der Waals surface area (Å²) in [6.07, 6.45) is 5.68. The summed E-state index contributed by atoms with van der Waals surface area (Å²) in [7, 11) is 0. The van der Waals surface area contributed by atoms with Gasteiger partial charge in [0.05, 0.1) is 29.9 Å². The first-order valence-corrected chi connectivity index (χ1v) is 12.6. The van der Waals surface area contributed by atoms with Crippen LogP contribution >= 0.6 is 0 Å². The highest BCUT2D eigenvalue weighted by molar-refractivity contribution is 5.98. The summed E-state index contributed by atoms with van der Waals surface area (Å²) in [5.41, 5.74) is 6.91. The zero-order valence-electron chi connectivity index (χ0n) is 20.3. The Bertz CT molecular complexity index is 1040. The van der Waals surface area contributed by atoms with Gasteiger partial charge in [-0.05, 0) is 80.8 Å². The van der Waals surface area contributed by atoms with Crippen LogP contribution in [0.5, 0.6) is 0 Å². The molecule has 1 N–H and O–H groups in total. The monoisotopic (exact) mass is 447 g/mol. The molecule has 176 valence electrons. The number of carbonyl (C=O) groups excluding carboxylic acids is 1. The number of hydrogen-bond donors (Lipinski definition) is 1. The third kappa shape index (κ3) is 4.22. The van der Waals surface area contributed by atoms with E-state index in [-0.39, 0.29) is 17.4 Å². The topological polar surface area (TPSA) is 56.7 Å². The molecule has 1 aliphatic carbocycles. The highest BCUT2D eigenvalue weighted by Crippen LogP contribution is 2.37. The number of amides is 1. The third-order valence-electron chi connectivity index (χ3n) is 8.45. The van der Waals surface area contributed by atoms with Crippen LogP contribution in [0.2, 0.25) is 0 Å². The number of hydrogen-bond acceptors (Lipinski definition) is 4. The number of likely N-dealkylation sites (tertiary alicyclic amines) is 1. The van der Waals surface area contributed by atoms with Crippen LogP contribution < -0.4 is 0 Å². The molecule has 1 saturated heterocycles. The Morgan fingerprint density at radius 3 is 2.58 bits per heavy atom. The summed E-state index contributed by atoms with van der Waals surface area (Å²) in [4.78, 5) is 22.5. The Morgan fingerprint density at radius 1 is 1.12 bits per heavy atom. The molecule has 5 nitrogen and oxygen atoms in total. The van der Waals surface area contributed by atoms with E-state index in [0.29, 0.717) is 6.54 Å². The van der Waals surface area contributed by atoms with E-state index < -0.39 is 6.10 Å². The molecule has 0 unspecified atom stereocenters. The molecule has 2 aromatic rings. The van der Waals surface area contributed by atoms with Gasteiger partial charge >= 0.3 is 0 Å². The maximum atomic E-state index is 13.2. The number of carbonyl (C=O) groups is 1. The summed E-state index contributed by atoms with van der Waals surface area (Å²) in [6, 6.07) is 10.8. The summed E-state index contributed by atoms with van der Waals surface area (Å²) in [6.45, 7) is 10.2. The summed E-state index contributed by atoms with van der Waals surface area (Å²) < 4.78 is 0. The van der Waals surface area contributed by atoms with Gasteiger partial charge in [0, 0.05) is 12.2 Å². The van der Waals surface area contributed by atoms with Crippen LogP contribution in [0, 0.1) is 13.8 Å². The largest absolute Gasteiger partial charge is 0.391 e. The van der Waals surface area contributed by atoms with E-state index in [9.17, 15) is 9.90 Å². The molecule has 2 aliphatic heterocycles. The normalized spacial score (nSPS) is 25.3. The number of fused-ring (bicyclic) bond motifs is 1. The number of nitrogens with zero attached hydrogens (tertiary/aromatic N) is 3. The van der Waals surface area contributed by atoms with Crippen molar-refractivity contribution in [3.05, 3.63) is 64.0 Å². The number of aryl methyl sites for hydroxylation is 2. The van der Waals surface area contributed by atoms with Crippen molar-refractivity contribution in [1.29, 1.82) is 0 Å². The van der Waals surface area contributed by atoms with Crippen LogP contribution in [0.25, 0.3) is 0 Å². The molecule has 3 aliphatic rings. The first-order valence-electron chi connectivity index (χ1n) is 12.6. The molecule has 5 heteroatoms. The molecule has 1 amide bonds. The van der Waals surface area contributed by atoms with Crippen LogP contribution in [0.4, 0.5) is 0 Å². The molecule has 2 atom stereocenters. The fourth-order valence-corrected chi connectivity index (χ4v) is 6.24. The lowest BCUT2D eigenvalue weighted by Gasteiger charge is -2.40. The highest BCUT2D eigenvalue weighted by atomic mass is 16.3. The van der Waals surface area contributed by atoms with Gasteiger partial charge in [-0.3, -0.25) is 14.7 Å². The van der Waals surface area contributed by atoms with E-state index in [2.05, 4.69) is 56.0 Å². The maximum Gasteiger partial charge on any atom is 0.256 e. The molecule has 0 spiro atoms. The molecule has 0 radical (unpaired) electrons. The van der Waals surface area contributed by atoms with Crippen LogP contribution in [0.3, 0.4) is 0 Å². The zero-order valence-corrected chi connectivity index (χ0v) is 20.3. The van der Waals surface area contributed by atoms with Crippen molar-refractivity contribution in [3.8, 4) is 0 Å². The minimum absolute atomic E-state index is 0.0514. The molecule has 0 bridgehead atoms. The molecular formula is C28H37N3O2. The van der Waals surface area contributed by atoms with Crippen molar-refractivity contribution >= 4 is 5.91 Å². The van der Waals surface area contributed by atoms with Crippen molar-refractivity contribution in [1.82, 2.24) is 14.8 Å². The summed E-state index contributed by atoms with van der Waals surface area (Å²) in [5.74, 6) is 0.0514. The van der Waals surface area contributed by atoms with Crippen LogP contribution in [0.15, 0.2) is 30.3 Å². The molecule has 1 aromatic carbocycles. The van der Waals surface area contributed by atoms with Crippen molar-refractivity contribution in [2.45, 2.75) is 89.9 Å². The molecule has 5 rings (SSSR count). The van der Waals surface area contributed by atoms with Gasteiger partial charge < -0.3 is 10.0 Å². The molecule has 3 heterocycles. The van der Waals surface area contributed by atoms with Crippen molar-refractivity contribution < 1.29 is 9.90 Å². The molecular weight excluding hydrogens is 410 g/mol. The average molecular weight is 448 g/mol. The number of pyridine rings is 1. The second kappa shape index (κ2) is 8.84. The lowest BCUT2D eigenvalue weighted by Crippen LogP contribution is -2.45. The van der Waals surface area contributed by atoms with Gasteiger partial charge in [-0.2, -0.15) is 0 Å². The van der Waals surface area contributed by atoms with E-state index in [4.69, 9.17) is 4.98 Å². The van der Waals surface area contributed by atoms with Crippen LogP contribution in [-0.2, 0) is 18.5 Å². The predicted octanol–water partition coefficient (Wildman–Crippen LogP) is 4.51. The second-order valence-electron chi connectivity index (χ2n) is 10.7. The Labute approximate surface area is 197 Å². The fourth-order valence-electron chi connectivity index (χ4n) is 6.24. The average Bonchev–Trinajstić information content (AvgIpc) is 3.11. The number of rotatable bonds is 4. The van der Waals surface area contributed by atoms with Gasteiger partial charge in [0.2, 0.25) is 0 Å². The van der Waals surface area contributed by atoms with Gasteiger partial charge in [0.25, 0.3) is 5.91 Å². The summed E-state index contributed by atoms with van der Waals surface area (Å²) >= 11 is 0. The Morgan fingerprint density at radius 2 is 1.85 bits per heavy atom. The molecule has 2 fully saturated rings. The molecule has 1 saturated carbocycles. The number of benzene rings is 1. The van der Waals surface area contributed by atoms with Crippen molar-refractivity contribution in [2.75, 3.05) is 13.1 Å². The maximum absolute atomic E-state index is 13.2. The van der Waals surface area contributed by atoms with Gasteiger partial charge in [0.15, 0.2) is 0 Å². The zero-order chi connectivity index (χ0) is 23.2. The quantitative estimate of drug-likeness (QED) is 0.749. The number of aliphatic hydroxyl groups is 1. The minimum Gasteiger partial charge on any atom is -0.391 e. The number of aromatic nitrogens is 1. The van der Waals surface area contributed by atoms with Crippen molar-refractivity contribution in [2.24, 2.45) is 0 Å². The lowest BCUT2D eigenvalue weighted by atomic mass is 9.73. The highest BCUT2D eigenvalue weighted by Gasteiger charge is 2.39. The van der Waals surface area contributed by atoms with Gasteiger partial charge in [-0.25, -0.2) is 0 Å². The van der Waals surface area contributed by atoms with E-state index in [0.717, 1.165) is 80.7 Å². The van der Waals surface area contributed by atoms with Crippen LogP contribution in [-0.4, -0.2) is 51.0 Å². The van der Waals surface area contributed by atoms with Crippen LogP contribution in [0.1, 0.15) is 83.9 Å². The smallest absolute Gasteiger partial charge is 0.256 e. The minimum atomic E-state index is -0.409. The molecule has 1 aromatic heterocycles. The van der Waals surface area contributed by atoms with Gasteiger partial charge in [0.1, 0.15) is 0 Å². The van der Waals surface area contributed by atoms with E-state index in [1.54, 1.807) is 0 Å². The number of aliphatic hydroxyl groups excluding tert-OH is 1. The predicted molar refractivity (Wildman–Crippen MR) is 130 cm³/mol. The Balaban J connectivity index is 1.28. The van der Waals surface area contributed by atoms with Crippen molar-refractivity contribution in [3.63, 3.8) is 0 Å². The Kier molecular flexibility index (Phi) is 6.04. The van der Waals surface area contributed by atoms with E-state index >= 15 is 0 Å². The Hall–Kier alpha value is -2.24. The SMILES string of the molecule is Cc1ccccc1C1(C)CCN(Cc2cc3c(nc2C)CN([C@H]2CCCC[C@@H]2O)C3=O)CC1. The first-order chi connectivity index (χ1) is 15.9. The first kappa shape index (κ1) is 22.5. The number of piperidine rings is 1. The van der Waals surface area contributed by atoms with Gasteiger partial charge in [-0.1, -0.05) is 44.0 Å². The molecule has 33 heavy (non-hydrogen) atoms. The van der Waals surface area contributed by atoms with E-state index in [1.165, 1.54) is 11.1 Å². The van der Waals surface area contributed by atoms with E-state index in [1.807, 2.05) is 4.90 Å².